The fraction of sp³-hybridized carbons (Fsp3) is 0.286. The summed E-state index contributed by atoms with van der Waals surface area (Å²) in [5, 5.41) is 3.25. The first-order valence-electron chi connectivity index (χ1n) is 8.76. The lowest BCUT2D eigenvalue weighted by Crippen LogP contribution is -2.40. The smallest absolute Gasteiger partial charge is 0.350 e. The molecule has 148 valence electrons. The molecule has 0 spiro atoms. The van der Waals surface area contributed by atoms with Gasteiger partial charge in [0.25, 0.3) is 0 Å². The molecule has 6 nitrogen and oxygen atoms in total. The van der Waals surface area contributed by atoms with E-state index in [1.165, 1.54) is 0 Å². The molecule has 0 aromatic heterocycles. The van der Waals surface area contributed by atoms with Crippen LogP contribution >= 0.6 is 11.6 Å². The Morgan fingerprint density at radius 2 is 1.61 bits per heavy atom. The molecule has 0 aliphatic heterocycles. The first kappa shape index (κ1) is 21.4. The van der Waals surface area contributed by atoms with Gasteiger partial charge in [-0.1, -0.05) is 18.5 Å². The summed E-state index contributed by atoms with van der Waals surface area (Å²) in [6.07, 6.45) is 0.366. The second kappa shape index (κ2) is 9.37. The van der Waals surface area contributed by atoms with Gasteiger partial charge < -0.3 is 14.8 Å². The lowest BCUT2D eigenvalue weighted by molar-refractivity contribution is -0.158. The van der Waals surface area contributed by atoms with Gasteiger partial charge in [0.1, 0.15) is 5.75 Å². The summed E-state index contributed by atoms with van der Waals surface area (Å²) in [7, 11) is 0. The molecule has 1 N–H and O–H groups in total. The molecule has 0 aliphatic rings. The summed E-state index contributed by atoms with van der Waals surface area (Å²) >= 11 is 5.82. The fourth-order valence-electron chi connectivity index (χ4n) is 2.22. The van der Waals surface area contributed by atoms with Crippen molar-refractivity contribution in [1.29, 1.82) is 0 Å². The van der Waals surface area contributed by atoms with Gasteiger partial charge in [-0.05, 0) is 62.4 Å². The van der Waals surface area contributed by atoms with Gasteiger partial charge in [-0.2, -0.15) is 0 Å². The molecule has 0 saturated carbocycles. The molecule has 0 aliphatic carbocycles. The molecule has 7 heteroatoms. The summed E-state index contributed by atoms with van der Waals surface area (Å²) in [4.78, 5) is 35.9. The van der Waals surface area contributed by atoms with E-state index in [1.54, 1.807) is 69.3 Å². The maximum Gasteiger partial charge on any atom is 0.350 e. The van der Waals surface area contributed by atoms with E-state index in [1.807, 2.05) is 0 Å². The fourth-order valence-corrected chi connectivity index (χ4v) is 2.34. The number of hydrogen-bond donors (Lipinski definition) is 1. The number of halogens is 1. The molecule has 0 atom stereocenters. The molecule has 0 saturated heterocycles. The van der Waals surface area contributed by atoms with E-state index >= 15 is 0 Å². The molecule has 0 radical (unpaired) electrons. The third-order valence-electron chi connectivity index (χ3n) is 3.82. The molecule has 0 unspecified atom stereocenters. The normalized spacial score (nSPS) is 10.9. The number of esters is 1. The van der Waals surface area contributed by atoms with Gasteiger partial charge in [0.2, 0.25) is 5.91 Å². The van der Waals surface area contributed by atoms with Crippen molar-refractivity contribution in [2.45, 2.75) is 32.8 Å². The number of amides is 1. The minimum absolute atomic E-state index is 0.115. The van der Waals surface area contributed by atoms with Gasteiger partial charge in [-0.3, -0.25) is 9.59 Å². The van der Waals surface area contributed by atoms with Crippen molar-refractivity contribution < 1.29 is 23.9 Å². The number of carbonyl (C=O) groups excluding carboxylic acids is 3. The van der Waals surface area contributed by atoms with Crippen molar-refractivity contribution in [2.75, 3.05) is 11.9 Å². The minimum Gasteiger partial charge on any atom is -0.476 e. The van der Waals surface area contributed by atoms with Crippen molar-refractivity contribution in [1.82, 2.24) is 0 Å². The number of carbonyl (C=O) groups is 3. The van der Waals surface area contributed by atoms with Crippen LogP contribution in [0.2, 0.25) is 5.02 Å². The number of ketones is 1. The summed E-state index contributed by atoms with van der Waals surface area (Å²) in [5.41, 5.74) is -0.306. The highest BCUT2D eigenvalue weighted by Gasteiger charge is 2.32. The van der Waals surface area contributed by atoms with Crippen LogP contribution in [-0.2, 0) is 14.3 Å². The zero-order chi connectivity index (χ0) is 20.7. The monoisotopic (exact) mass is 403 g/mol. The Balaban J connectivity index is 1.91. The third-order valence-corrected chi connectivity index (χ3v) is 4.08. The largest absolute Gasteiger partial charge is 0.476 e. The first-order chi connectivity index (χ1) is 13.2. The van der Waals surface area contributed by atoms with Crippen LogP contribution < -0.4 is 10.1 Å². The van der Waals surface area contributed by atoms with Crippen LogP contribution in [0, 0.1) is 0 Å². The Bertz CT molecular complexity index is 844. The lowest BCUT2D eigenvalue weighted by atomic mass is 10.1. The number of benzene rings is 2. The van der Waals surface area contributed by atoms with Crippen LogP contribution in [0.1, 0.15) is 37.6 Å². The molecule has 2 aromatic carbocycles. The van der Waals surface area contributed by atoms with E-state index in [0.717, 1.165) is 0 Å². The van der Waals surface area contributed by atoms with E-state index in [4.69, 9.17) is 21.1 Å². The Morgan fingerprint density at radius 1 is 1.00 bits per heavy atom. The third kappa shape index (κ3) is 6.09. The van der Waals surface area contributed by atoms with Gasteiger partial charge in [0, 0.05) is 22.7 Å². The number of nitrogens with one attached hydrogen (secondary N) is 1. The summed E-state index contributed by atoms with van der Waals surface area (Å²) < 4.78 is 10.8. The molecular formula is C21H22ClNO5. The zero-order valence-corrected chi connectivity index (χ0v) is 16.7. The van der Waals surface area contributed by atoms with Crippen molar-refractivity contribution in [2.24, 2.45) is 0 Å². The molecule has 28 heavy (non-hydrogen) atoms. The summed E-state index contributed by atoms with van der Waals surface area (Å²) in [5.74, 6) is -0.676. The van der Waals surface area contributed by atoms with E-state index in [9.17, 15) is 14.4 Å². The summed E-state index contributed by atoms with van der Waals surface area (Å²) in [6, 6.07) is 13.0. The number of hydrogen-bond acceptors (Lipinski definition) is 5. The standard InChI is InChI=1S/C21H22ClNO5/c1-4-19(25)23-16-9-5-14(6-10-16)18(24)13-27-20(26)21(2,3)28-17-11-7-15(22)8-12-17/h5-12H,4,13H2,1-3H3,(H,23,25). The van der Waals surface area contributed by atoms with Crippen LogP contribution in [-0.4, -0.2) is 29.9 Å². The van der Waals surface area contributed by atoms with E-state index < -0.39 is 18.2 Å². The van der Waals surface area contributed by atoms with Crippen molar-refractivity contribution in [3.05, 3.63) is 59.1 Å². The van der Waals surface area contributed by atoms with Crippen LogP contribution in [0.5, 0.6) is 5.75 Å². The number of anilines is 1. The Morgan fingerprint density at radius 3 is 2.18 bits per heavy atom. The number of rotatable bonds is 8. The van der Waals surface area contributed by atoms with Crippen molar-refractivity contribution >= 4 is 34.9 Å². The molecule has 0 fully saturated rings. The SMILES string of the molecule is CCC(=O)Nc1ccc(C(=O)COC(=O)C(C)(C)Oc2ccc(Cl)cc2)cc1. The first-order valence-corrected chi connectivity index (χ1v) is 9.14. The van der Waals surface area contributed by atoms with Gasteiger partial charge in [0.05, 0.1) is 0 Å². The zero-order valence-electron chi connectivity index (χ0n) is 16.0. The van der Waals surface area contributed by atoms with Gasteiger partial charge in [-0.15, -0.1) is 0 Å². The Kier molecular flexibility index (Phi) is 7.18. The summed E-state index contributed by atoms with van der Waals surface area (Å²) in [6.45, 7) is 4.45. The highest BCUT2D eigenvalue weighted by atomic mass is 35.5. The molecular weight excluding hydrogens is 382 g/mol. The molecule has 0 heterocycles. The maximum atomic E-state index is 12.3. The van der Waals surface area contributed by atoms with Crippen LogP contribution in [0.15, 0.2) is 48.5 Å². The topological polar surface area (TPSA) is 81.7 Å². The van der Waals surface area contributed by atoms with E-state index in [0.29, 0.717) is 28.4 Å². The van der Waals surface area contributed by atoms with Crippen LogP contribution in [0.3, 0.4) is 0 Å². The van der Waals surface area contributed by atoms with Crippen molar-refractivity contribution in [3.63, 3.8) is 0 Å². The quantitative estimate of drug-likeness (QED) is 0.525. The number of Topliss-reactive ketones (excluding diaryl/α,β-unsaturated/α-hetero) is 1. The maximum absolute atomic E-state index is 12.3. The molecule has 1 amide bonds. The highest BCUT2D eigenvalue weighted by Crippen LogP contribution is 2.22. The van der Waals surface area contributed by atoms with Gasteiger partial charge in [0.15, 0.2) is 18.0 Å². The molecule has 2 aromatic rings. The second-order valence-electron chi connectivity index (χ2n) is 6.54. The molecule has 0 bridgehead atoms. The van der Waals surface area contributed by atoms with Crippen LogP contribution in [0.25, 0.3) is 0 Å². The Labute approximate surface area is 168 Å². The van der Waals surface area contributed by atoms with Crippen LogP contribution in [0.4, 0.5) is 5.69 Å². The number of ether oxygens (including phenoxy) is 2. The lowest BCUT2D eigenvalue weighted by Gasteiger charge is -2.24. The Hall–Kier alpha value is -2.86. The van der Waals surface area contributed by atoms with E-state index in [-0.39, 0.29) is 11.7 Å². The highest BCUT2D eigenvalue weighted by molar-refractivity contribution is 6.30. The average molecular weight is 404 g/mol. The van der Waals surface area contributed by atoms with Gasteiger partial charge in [-0.25, -0.2) is 4.79 Å². The van der Waals surface area contributed by atoms with Crippen molar-refractivity contribution in [3.8, 4) is 5.75 Å². The molecule has 2 rings (SSSR count). The second-order valence-corrected chi connectivity index (χ2v) is 6.98. The minimum atomic E-state index is -1.28. The van der Waals surface area contributed by atoms with Gasteiger partial charge >= 0.3 is 5.97 Å². The predicted molar refractivity (Wildman–Crippen MR) is 107 cm³/mol. The predicted octanol–water partition coefficient (Wildman–Crippen LogP) is 4.27. The average Bonchev–Trinajstić information content (AvgIpc) is 2.67. The van der Waals surface area contributed by atoms with E-state index in [2.05, 4.69) is 5.32 Å².